The second-order valence-electron chi connectivity index (χ2n) is 6.02. The molecule has 116 valence electrons. The minimum atomic E-state index is 0.355. The molecule has 0 aliphatic carbocycles. The Labute approximate surface area is 131 Å². The van der Waals surface area contributed by atoms with Gasteiger partial charge < -0.3 is 9.64 Å². The molecule has 1 atom stereocenters. The van der Waals surface area contributed by atoms with E-state index in [1.165, 1.54) is 0 Å². The van der Waals surface area contributed by atoms with E-state index < -0.39 is 0 Å². The fraction of sp³-hybridized carbons (Fsp3) is 0.471. The van der Waals surface area contributed by atoms with Crippen LogP contribution < -0.4 is 9.64 Å². The predicted octanol–water partition coefficient (Wildman–Crippen LogP) is 2.90. The molecule has 5 nitrogen and oxygen atoms in total. The summed E-state index contributed by atoms with van der Waals surface area (Å²) in [5.74, 6) is 3.72. The molecule has 0 saturated carbocycles. The van der Waals surface area contributed by atoms with Gasteiger partial charge in [0.1, 0.15) is 17.4 Å². The number of anilines is 1. The van der Waals surface area contributed by atoms with Gasteiger partial charge in [-0.25, -0.2) is 9.97 Å². The van der Waals surface area contributed by atoms with Crippen LogP contribution in [-0.4, -0.2) is 34.6 Å². The van der Waals surface area contributed by atoms with Gasteiger partial charge in [-0.1, -0.05) is 13.8 Å². The van der Waals surface area contributed by atoms with Crippen molar-refractivity contribution in [3.63, 3.8) is 0 Å². The number of hydrogen-bond acceptors (Lipinski definition) is 5. The van der Waals surface area contributed by atoms with Crippen LogP contribution in [0.3, 0.4) is 0 Å². The molecule has 2 aromatic heterocycles. The standard InChI is InChI=1S/C17H22N4O/c1-13(2)17-19-9-5-16(20-17)21-10-6-14(11-21)12-22-15-3-7-18-8-4-15/h3-5,7-9,13-14H,6,10-12H2,1-2H3. The van der Waals surface area contributed by atoms with Crippen LogP contribution in [0.4, 0.5) is 5.82 Å². The van der Waals surface area contributed by atoms with Crippen molar-refractivity contribution in [3.05, 3.63) is 42.6 Å². The zero-order chi connectivity index (χ0) is 15.4. The molecule has 1 fully saturated rings. The van der Waals surface area contributed by atoms with E-state index in [2.05, 4.69) is 33.7 Å². The second kappa shape index (κ2) is 6.73. The van der Waals surface area contributed by atoms with Gasteiger partial charge in [0.05, 0.1) is 6.61 Å². The molecule has 3 heterocycles. The maximum atomic E-state index is 5.84. The van der Waals surface area contributed by atoms with Gasteiger partial charge in [0.25, 0.3) is 0 Å². The monoisotopic (exact) mass is 298 g/mol. The minimum Gasteiger partial charge on any atom is -0.493 e. The van der Waals surface area contributed by atoms with E-state index in [0.29, 0.717) is 11.8 Å². The molecule has 1 aliphatic heterocycles. The average molecular weight is 298 g/mol. The molecular weight excluding hydrogens is 276 g/mol. The molecule has 0 spiro atoms. The summed E-state index contributed by atoms with van der Waals surface area (Å²) in [6.45, 7) is 6.99. The molecule has 0 aromatic carbocycles. The van der Waals surface area contributed by atoms with Crippen molar-refractivity contribution in [2.75, 3.05) is 24.6 Å². The van der Waals surface area contributed by atoms with Crippen LogP contribution in [0, 0.1) is 5.92 Å². The lowest BCUT2D eigenvalue weighted by Crippen LogP contribution is -2.23. The highest BCUT2D eigenvalue weighted by Crippen LogP contribution is 2.23. The van der Waals surface area contributed by atoms with Crippen LogP contribution in [0.25, 0.3) is 0 Å². The molecular formula is C17H22N4O. The lowest BCUT2D eigenvalue weighted by atomic mass is 10.1. The third-order valence-electron chi connectivity index (χ3n) is 3.92. The third kappa shape index (κ3) is 3.53. The van der Waals surface area contributed by atoms with Crippen molar-refractivity contribution in [1.29, 1.82) is 0 Å². The Hall–Kier alpha value is -2.17. The third-order valence-corrected chi connectivity index (χ3v) is 3.92. The Morgan fingerprint density at radius 3 is 2.82 bits per heavy atom. The largest absolute Gasteiger partial charge is 0.493 e. The SMILES string of the molecule is CC(C)c1nccc(N2CCC(COc3ccncc3)C2)n1. The molecule has 22 heavy (non-hydrogen) atoms. The zero-order valence-electron chi connectivity index (χ0n) is 13.1. The highest BCUT2D eigenvalue weighted by molar-refractivity contribution is 5.39. The van der Waals surface area contributed by atoms with Crippen LogP contribution >= 0.6 is 0 Å². The van der Waals surface area contributed by atoms with Gasteiger partial charge >= 0.3 is 0 Å². The summed E-state index contributed by atoms with van der Waals surface area (Å²) in [4.78, 5) is 15.3. The lowest BCUT2D eigenvalue weighted by Gasteiger charge is -2.18. The summed E-state index contributed by atoms with van der Waals surface area (Å²) in [5.41, 5.74) is 0. The van der Waals surface area contributed by atoms with Gasteiger partial charge in [-0.15, -0.1) is 0 Å². The van der Waals surface area contributed by atoms with Crippen LogP contribution in [0.2, 0.25) is 0 Å². The van der Waals surface area contributed by atoms with Crippen molar-refractivity contribution in [2.24, 2.45) is 5.92 Å². The fourth-order valence-electron chi connectivity index (χ4n) is 2.64. The predicted molar refractivity (Wildman–Crippen MR) is 86.2 cm³/mol. The first-order valence-electron chi connectivity index (χ1n) is 7.83. The van der Waals surface area contributed by atoms with Gasteiger partial charge in [0, 0.05) is 43.5 Å². The van der Waals surface area contributed by atoms with E-state index in [9.17, 15) is 0 Å². The summed E-state index contributed by atoms with van der Waals surface area (Å²) in [6.07, 6.45) is 6.50. The smallest absolute Gasteiger partial charge is 0.133 e. The van der Waals surface area contributed by atoms with E-state index in [4.69, 9.17) is 4.74 Å². The summed E-state index contributed by atoms with van der Waals surface area (Å²) in [7, 11) is 0. The summed E-state index contributed by atoms with van der Waals surface area (Å²) < 4.78 is 5.84. The molecule has 3 rings (SSSR count). The van der Waals surface area contributed by atoms with Crippen LogP contribution in [0.5, 0.6) is 5.75 Å². The summed E-state index contributed by atoms with van der Waals surface area (Å²) in [6, 6.07) is 5.79. The molecule has 1 unspecified atom stereocenters. The normalized spacial score (nSPS) is 18.0. The van der Waals surface area contributed by atoms with Crippen molar-refractivity contribution in [2.45, 2.75) is 26.2 Å². The average Bonchev–Trinajstić information content (AvgIpc) is 3.03. The fourth-order valence-corrected chi connectivity index (χ4v) is 2.64. The van der Waals surface area contributed by atoms with Crippen LogP contribution in [0.15, 0.2) is 36.8 Å². The Morgan fingerprint density at radius 2 is 2.05 bits per heavy atom. The topological polar surface area (TPSA) is 51.1 Å². The van der Waals surface area contributed by atoms with Crippen molar-refractivity contribution in [3.8, 4) is 5.75 Å². The number of nitrogens with zero attached hydrogens (tertiary/aromatic N) is 4. The van der Waals surface area contributed by atoms with E-state index in [1.54, 1.807) is 12.4 Å². The minimum absolute atomic E-state index is 0.355. The number of hydrogen-bond donors (Lipinski definition) is 0. The highest BCUT2D eigenvalue weighted by Gasteiger charge is 2.24. The van der Waals surface area contributed by atoms with E-state index in [1.807, 2.05) is 24.4 Å². The number of pyridine rings is 1. The zero-order valence-corrected chi connectivity index (χ0v) is 13.1. The first-order valence-corrected chi connectivity index (χ1v) is 7.83. The van der Waals surface area contributed by atoms with E-state index >= 15 is 0 Å². The number of aromatic nitrogens is 3. The van der Waals surface area contributed by atoms with Crippen LogP contribution in [0.1, 0.15) is 32.0 Å². The lowest BCUT2D eigenvalue weighted by molar-refractivity contribution is 0.261. The molecule has 0 amide bonds. The van der Waals surface area contributed by atoms with Crippen molar-refractivity contribution >= 4 is 5.82 Å². The van der Waals surface area contributed by atoms with E-state index in [0.717, 1.165) is 43.5 Å². The molecule has 0 N–H and O–H groups in total. The van der Waals surface area contributed by atoms with Gasteiger partial charge in [0.15, 0.2) is 0 Å². The molecule has 0 bridgehead atoms. The molecule has 5 heteroatoms. The van der Waals surface area contributed by atoms with Crippen LogP contribution in [-0.2, 0) is 0 Å². The van der Waals surface area contributed by atoms with Gasteiger partial charge in [-0.3, -0.25) is 4.98 Å². The quantitative estimate of drug-likeness (QED) is 0.849. The Bertz CT molecular complexity index is 603. The maximum Gasteiger partial charge on any atom is 0.133 e. The van der Waals surface area contributed by atoms with Crippen molar-refractivity contribution in [1.82, 2.24) is 15.0 Å². The Balaban J connectivity index is 1.57. The Kier molecular flexibility index (Phi) is 4.51. The molecule has 1 saturated heterocycles. The molecule has 1 aliphatic rings. The van der Waals surface area contributed by atoms with E-state index in [-0.39, 0.29) is 0 Å². The molecule has 0 radical (unpaired) electrons. The van der Waals surface area contributed by atoms with Crippen molar-refractivity contribution < 1.29 is 4.74 Å². The second-order valence-corrected chi connectivity index (χ2v) is 6.02. The summed E-state index contributed by atoms with van der Waals surface area (Å²) >= 11 is 0. The van der Waals surface area contributed by atoms with Gasteiger partial charge in [-0.2, -0.15) is 0 Å². The van der Waals surface area contributed by atoms with Gasteiger partial charge in [0.2, 0.25) is 0 Å². The maximum absolute atomic E-state index is 5.84. The Morgan fingerprint density at radius 1 is 1.23 bits per heavy atom. The number of rotatable bonds is 5. The first kappa shape index (κ1) is 14.8. The number of ether oxygens (including phenoxy) is 1. The first-order chi connectivity index (χ1) is 10.7. The molecule has 2 aromatic rings. The summed E-state index contributed by atoms with van der Waals surface area (Å²) in [5, 5.41) is 0. The van der Waals surface area contributed by atoms with Gasteiger partial charge in [-0.05, 0) is 24.6 Å². The highest BCUT2D eigenvalue weighted by atomic mass is 16.5.